The number of ether oxygens (including phenoxy) is 2. The number of amides is 2. The van der Waals surface area contributed by atoms with Crippen molar-refractivity contribution >= 4 is 17.7 Å². The molecule has 0 bridgehead atoms. The van der Waals surface area contributed by atoms with Gasteiger partial charge in [-0.05, 0) is 35.7 Å². The molecule has 0 saturated heterocycles. The minimum absolute atomic E-state index is 0.169. The predicted octanol–water partition coefficient (Wildman–Crippen LogP) is 3.96. The van der Waals surface area contributed by atoms with E-state index in [9.17, 15) is 22.8 Å². The minimum Gasteiger partial charge on any atom is -0.469 e. The number of anilines is 1. The van der Waals surface area contributed by atoms with E-state index < -0.39 is 30.2 Å². The Balaban J connectivity index is 1.77. The van der Waals surface area contributed by atoms with Gasteiger partial charge in [0.1, 0.15) is 5.75 Å². The van der Waals surface area contributed by atoms with Crippen molar-refractivity contribution in [1.82, 2.24) is 5.32 Å². The number of hydrogen-bond donors (Lipinski definition) is 1. The Hall–Kier alpha value is -3.23. The zero-order valence-corrected chi connectivity index (χ0v) is 15.5. The number of esters is 1. The first-order valence-corrected chi connectivity index (χ1v) is 8.85. The molecule has 29 heavy (non-hydrogen) atoms. The number of methoxy groups -OCH3 is 1. The van der Waals surface area contributed by atoms with E-state index in [-0.39, 0.29) is 6.42 Å². The van der Waals surface area contributed by atoms with Crippen LogP contribution in [0.3, 0.4) is 0 Å². The molecule has 0 saturated carbocycles. The Labute approximate surface area is 165 Å². The van der Waals surface area contributed by atoms with Crippen molar-refractivity contribution in [2.45, 2.75) is 25.2 Å². The molecule has 0 radical (unpaired) electrons. The fraction of sp³-hybridized carbons (Fsp3) is 0.300. The van der Waals surface area contributed by atoms with E-state index in [2.05, 4.69) is 14.8 Å². The van der Waals surface area contributed by atoms with Crippen LogP contribution in [0.2, 0.25) is 0 Å². The van der Waals surface area contributed by atoms with E-state index in [1.807, 2.05) is 24.3 Å². The van der Waals surface area contributed by atoms with Gasteiger partial charge >= 0.3 is 18.4 Å². The molecule has 1 aliphatic heterocycles. The third-order valence-corrected chi connectivity index (χ3v) is 4.54. The van der Waals surface area contributed by atoms with Gasteiger partial charge in [-0.2, -0.15) is 0 Å². The minimum atomic E-state index is -4.80. The van der Waals surface area contributed by atoms with E-state index in [0.29, 0.717) is 12.1 Å². The summed E-state index contributed by atoms with van der Waals surface area (Å²) in [5.41, 5.74) is 2.28. The Kier molecular flexibility index (Phi) is 5.95. The number of benzene rings is 2. The molecule has 1 N–H and O–H groups in total. The number of carbonyl (C=O) groups is 2. The SMILES string of the molecule is COC(=O)CC(NC(=O)N1CCc2ccccc21)c1ccc(OC(F)(F)F)cc1. The molecule has 154 valence electrons. The summed E-state index contributed by atoms with van der Waals surface area (Å²) in [6, 6.07) is 11.3. The van der Waals surface area contributed by atoms with Crippen LogP contribution in [0.15, 0.2) is 48.5 Å². The van der Waals surface area contributed by atoms with Gasteiger partial charge in [-0.1, -0.05) is 30.3 Å². The second-order valence-electron chi connectivity index (χ2n) is 6.43. The van der Waals surface area contributed by atoms with Gasteiger partial charge in [-0.3, -0.25) is 9.69 Å². The summed E-state index contributed by atoms with van der Waals surface area (Å²) in [6.07, 6.45) is -4.25. The molecule has 0 aliphatic carbocycles. The van der Waals surface area contributed by atoms with Crippen molar-refractivity contribution in [2.75, 3.05) is 18.6 Å². The van der Waals surface area contributed by atoms with Gasteiger partial charge in [0.15, 0.2) is 0 Å². The highest BCUT2D eigenvalue weighted by atomic mass is 19.4. The first-order chi connectivity index (χ1) is 13.8. The second kappa shape index (κ2) is 8.42. The molecule has 0 aromatic heterocycles. The fourth-order valence-electron chi connectivity index (χ4n) is 3.18. The van der Waals surface area contributed by atoms with Crippen molar-refractivity contribution < 1.29 is 32.2 Å². The molecule has 0 fully saturated rings. The molecule has 2 aromatic rings. The molecule has 1 aliphatic rings. The van der Waals surface area contributed by atoms with Crippen LogP contribution in [0, 0.1) is 0 Å². The average molecular weight is 408 g/mol. The highest BCUT2D eigenvalue weighted by molar-refractivity contribution is 5.94. The highest BCUT2D eigenvalue weighted by Crippen LogP contribution is 2.29. The van der Waals surface area contributed by atoms with Crippen molar-refractivity contribution in [3.63, 3.8) is 0 Å². The van der Waals surface area contributed by atoms with Gasteiger partial charge < -0.3 is 14.8 Å². The van der Waals surface area contributed by atoms with Crippen molar-refractivity contribution in [2.24, 2.45) is 0 Å². The number of fused-ring (bicyclic) bond motifs is 1. The van der Waals surface area contributed by atoms with E-state index in [4.69, 9.17) is 0 Å². The lowest BCUT2D eigenvalue weighted by Gasteiger charge is -2.24. The Morgan fingerprint density at radius 3 is 2.48 bits per heavy atom. The van der Waals surface area contributed by atoms with Crippen molar-refractivity contribution in [3.8, 4) is 5.75 Å². The Morgan fingerprint density at radius 2 is 1.83 bits per heavy atom. The second-order valence-corrected chi connectivity index (χ2v) is 6.43. The largest absolute Gasteiger partial charge is 0.573 e. The molecule has 1 heterocycles. The molecule has 3 rings (SSSR count). The lowest BCUT2D eigenvalue weighted by atomic mass is 10.0. The van der Waals surface area contributed by atoms with Crippen molar-refractivity contribution in [3.05, 3.63) is 59.7 Å². The number of urea groups is 1. The number of alkyl halides is 3. The smallest absolute Gasteiger partial charge is 0.469 e. The summed E-state index contributed by atoms with van der Waals surface area (Å²) in [6.45, 7) is 0.495. The summed E-state index contributed by atoms with van der Waals surface area (Å²) < 4.78 is 45.5. The lowest BCUT2D eigenvalue weighted by molar-refractivity contribution is -0.274. The van der Waals surface area contributed by atoms with Crippen LogP contribution in [0.1, 0.15) is 23.6 Å². The van der Waals surface area contributed by atoms with Gasteiger partial charge in [-0.25, -0.2) is 4.79 Å². The number of carbonyl (C=O) groups excluding carboxylic acids is 2. The molecule has 0 spiro atoms. The number of nitrogens with one attached hydrogen (secondary N) is 1. The third-order valence-electron chi connectivity index (χ3n) is 4.54. The zero-order valence-electron chi connectivity index (χ0n) is 15.5. The first kappa shape index (κ1) is 20.5. The highest BCUT2D eigenvalue weighted by Gasteiger charge is 2.31. The van der Waals surface area contributed by atoms with Crippen LogP contribution in [0.5, 0.6) is 5.75 Å². The maximum atomic E-state index is 12.8. The Morgan fingerprint density at radius 1 is 1.14 bits per heavy atom. The molecule has 1 atom stereocenters. The lowest BCUT2D eigenvalue weighted by Crippen LogP contribution is -2.41. The van der Waals surface area contributed by atoms with Crippen LogP contribution < -0.4 is 15.0 Å². The van der Waals surface area contributed by atoms with Crippen LogP contribution in [0.25, 0.3) is 0 Å². The quantitative estimate of drug-likeness (QED) is 0.761. The fourth-order valence-corrected chi connectivity index (χ4v) is 3.18. The standard InChI is InChI=1S/C20H19F3N2O4/c1-28-18(26)12-16(13-6-8-15(9-7-13)29-20(21,22)23)24-19(27)25-11-10-14-4-2-3-5-17(14)25/h2-9,16H,10-12H2,1H3,(H,24,27). The number of hydrogen-bond acceptors (Lipinski definition) is 4. The monoisotopic (exact) mass is 408 g/mol. The van der Waals surface area contributed by atoms with E-state index in [0.717, 1.165) is 29.8 Å². The average Bonchev–Trinajstić information content (AvgIpc) is 3.11. The summed E-state index contributed by atoms with van der Waals surface area (Å²) in [5, 5.41) is 2.77. The maximum Gasteiger partial charge on any atom is 0.573 e. The zero-order chi connectivity index (χ0) is 21.0. The summed E-state index contributed by atoms with van der Waals surface area (Å²) >= 11 is 0. The maximum absolute atomic E-state index is 12.8. The predicted molar refractivity (Wildman–Crippen MR) is 98.5 cm³/mol. The number of rotatable bonds is 5. The molecular formula is C20H19F3N2O4. The Bertz CT molecular complexity index is 884. The third kappa shape index (κ3) is 5.18. The van der Waals surface area contributed by atoms with E-state index in [1.54, 1.807) is 4.90 Å². The van der Waals surface area contributed by atoms with Gasteiger partial charge in [0, 0.05) is 12.2 Å². The molecule has 9 heteroatoms. The normalized spacial score (nSPS) is 14.1. The molecule has 1 unspecified atom stereocenters. The summed E-state index contributed by atoms with van der Waals surface area (Å²) in [4.78, 5) is 26.2. The van der Waals surface area contributed by atoms with Crippen LogP contribution in [-0.4, -0.2) is 32.0 Å². The topological polar surface area (TPSA) is 67.9 Å². The molecule has 6 nitrogen and oxygen atoms in total. The number of halogens is 3. The van der Waals surface area contributed by atoms with Crippen LogP contribution >= 0.6 is 0 Å². The first-order valence-electron chi connectivity index (χ1n) is 8.85. The number of nitrogens with zero attached hydrogens (tertiary/aromatic N) is 1. The van der Waals surface area contributed by atoms with Gasteiger partial charge in [0.25, 0.3) is 0 Å². The molecule has 2 amide bonds. The van der Waals surface area contributed by atoms with E-state index in [1.165, 1.54) is 19.2 Å². The van der Waals surface area contributed by atoms with Crippen LogP contribution in [-0.2, 0) is 16.0 Å². The summed E-state index contributed by atoms with van der Waals surface area (Å²) in [7, 11) is 1.22. The van der Waals surface area contributed by atoms with Crippen molar-refractivity contribution in [1.29, 1.82) is 0 Å². The van der Waals surface area contributed by atoms with E-state index >= 15 is 0 Å². The van der Waals surface area contributed by atoms with Gasteiger partial charge in [-0.15, -0.1) is 13.2 Å². The van der Waals surface area contributed by atoms with Crippen LogP contribution in [0.4, 0.5) is 23.7 Å². The molecule has 2 aromatic carbocycles. The molecular weight excluding hydrogens is 389 g/mol. The summed E-state index contributed by atoms with van der Waals surface area (Å²) in [5.74, 6) is -0.953. The number of para-hydroxylation sites is 1. The van der Waals surface area contributed by atoms with Gasteiger partial charge in [0.05, 0.1) is 19.6 Å². The van der Waals surface area contributed by atoms with Gasteiger partial charge in [0.2, 0.25) is 0 Å².